The second-order valence-electron chi connectivity index (χ2n) is 4.73. The molecule has 0 radical (unpaired) electrons. The van der Waals surface area contributed by atoms with E-state index >= 15 is 0 Å². The standard InChI is InChI=1S/C13H17N2O2S/c1-2-15(10-14-9-5-8-13(14)16)11-6-3-4-7-12(11)17-18-15/h3-4,6-7H,2,5,8-10H2,1H3/q+1. The molecule has 1 amide bonds. The molecule has 3 rings (SSSR count). The summed E-state index contributed by atoms with van der Waals surface area (Å²) in [5.74, 6) is 1.20. The molecule has 1 atom stereocenters. The van der Waals surface area contributed by atoms with Gasteiger partial charge in [-0.3, -0.25) is 9.69 Å². The van der Waals surface area contributed by atoms with Gasteiger partial charge in [0.1, 0.15) is 0 Å². The van der Waals surface area contributed by atoms with Crippen LogP contribution in [0.4, 0.5) is 5.69 Å². The van der Waals surface area contributed by atoms with Crippen molar-refractivity contribution in [1.82, 2.24) is 8.79 Å². The van der Waals surface area contributed by atoms with E-state index in [-0.39, 0.29) is 5.91 Å². The van der Waals surface area contributed by atoms with E-state index in [1.165, 1.54) is 17.9 Å². The molecule has 0 aliphatic carbocycles. The molecule has 0 spiro atoms. The molecule has 1 unspecified atom stereocenters. The van der Waals surface area contributed by atoms with Crippen LogP contribution in [0.1, 0.15) is 19.8 Å². The maximum absolute atomic E-state index is 11.8. The normalized spacial score (nSPS) is 26.3. The summed E-state index contributed by atoms with van der Waals surface area (Å²) in [5.41, 5.74) is 1.17. The van der Waals surface area contributed by atoms with Crippen molar-refractivity contribution in [2.75, 3.05) is 19.8 Å². The molecule has 0 N–H and O–H groups in total. The predicted molar refractivity (Wildman–Crippen MR) is 72.8 cm³/mol. The van der Waals surface area contributed by atoms with Gasteiger partial charge in [0.05, 0.1) is 6.54 Å². The summed E-state index contributed by atoms with van der Waals surface area (Å²) in [4.78, 5) is 13.8. The molecule has 1 fully saturated rings. The van der Waals surface area contributed by atoms with Crippen molar-refractivity contribution < 1.29 is 8.98 Å². The van der Waals surface area contributed by atoms with Gasteiger partial charge in [0.2, 0.25) is 11.7 Å². The number of quaternary nitrogens is 1. The molecular weight excluding hydrogens is 248 g/mol. The fourth-order valence-corrected chi connectivity index (χ4v) is 3.46. The maximum Gasteiger partial charge on any atom is 0.321 e. The lowest BCUT2D eigenvalue weighted by Crippen LogP contribution is -2.49. The van der Waals surface area contributed by atoms with Crippen LogP contribution in [0.2, 0.25) is 0 Å². The highest BCUT2D eigenvalue weighted by molar-refractivity contribution is 7.94. The third-order valence-corrected chi connectivity index (χ3v) is 4.77. The number of hydrogen-bond donors (Lipinski definition) is 0. The predicted octanol–water partition coefficient (Wildman–Crippen LogP) is 2.55. The molecule has 5 heteroatoms. The Bertz CT molecular complexity index is 480. The van der Waals surface area contributed by atoms with Gasteiger partial charge in [-0.25, -0.2) is 0 Å². The van der Waals surface area contributed by atoms with E-state index in [2.05, 4.69) is 13.0 Å². The van der Waals surface area contributed by atoms with Gasteiger partial charge in [-0.2, -0.15) is 3.89 Å². The third-order valence-electron chi connectivity index (χ3n) is 3.66. The SMILES string of the molecule is CC[N+]1(CN2CCCC2=O)SOc2ccccc21. The molecule has 4 nitrogen and oxygen atoms in total. The number of benzene rings is 1. The van der Waals surface area contributed by atoms with Crippen molar-refractivity contribution in [3.63, 3.8) is 0 Å². The lowest BCUT2D eigenvalue weighted by atomic mass is 10.2. The molecule has 0 saturated carbocycles. The first kappa shape index (κ1) is 11.9. The van der Waals surface area contributed by atoms with E-state index < -0.39 is 0 Å². The zero-order valence-electron chi connectivity index (χ0n) is 10.5. The summed E-state index contributed by atoms with van der Waals surface area (Å²) < 4.78 is 6.36. The zero-order valence-corrected chi connectivity index (χ0v) is 11.3. The van der Waals surface area contributed by atoms with Gasteiger partial charge in [0.15, 0.2) is 12.4 Å². The number of fused-ring (bicyclic) bond motifs is 1. The second kappa shape index (κ2) is 4.48. The van der Waals surface area contributed by atoms with E-state index in [4.69, 9.17) is 4.18 Å². The number of para-hydroxylation sites is 2. The summed E-state index contributed by atoms with van der Waals surface area (Å²) >= 11 is 1.45. The highest BCUT2D eigenvalue weighted by Gasteiger charge is 2.44. The van der Waals surface area contributed by atoms with Crippen molar-refractivity contribution in [3.8, 4) is 5.75 Å². The van der Waals surface area contributed by atoms with Gasteiger partial charge >= 0.3 is 12.2 Å². The Morgan fingerprint density at radius 2 is 2.28 bits per heavy atom. The van der Waals surface area contributed by atoms with Crippen LogP contribution in [0.15, 0.2) is 24.3 Å². The van der Waals surface area contributed by atoms with Gasteiger partial charge in [-0.1, -0.05) is 12.1 Å². The molecule has 0 bridgehead atoms. The summed E-state index contributed by atoms with van der Waals surface area (Å²) in [6, 6.07) is 8.10. The largest absolute Gasteiger partial charge is 0.371 e. The van der Waals surface area contributed by atoms with Crippen molar-refractivity contribution in [2.24, 2.45) is 0 Å². The molecule has 2 aliphatic rings. The number of hydrogen-bond acceptors (Lipinski definition) is 3. The summed E-state index contributed by atoms with van der Waals surface area (Å²) in [6.07, 6.45) is 1.67. The van der Waals surface area contributed by atoms with Crippen LogP contribution >= 0.6 is 12.2 Å². The van der Waals surface area contributed by atoms with Crippen molar-refractivity contribution in [2.45, 2.75) is 19.8 Å². The molecule has 1 saturated heterocycles. The van der Waals surface area contributed by atoms with E-state index in [0.717, 1.165) is 25.3 Å². The minimum absolute atomic E-state index is 0.269. The summed E-state index contributed by atoms with van der Waals surface area (Å²) in [7, 11) is 0. The molecule has 1 aromatic carbocycles. The van der Waals surface area contributed by atoms with Gasteiger partial charge in [-0.05, 0) is 19.4 Å². The Hall–Kier alpha value is -1.20. The monoisotopic (exact) mass is 265 g/mol. The van der Waals surface area contributed by atoms with Crippen LogP contribution in [0.25, 0.3) is 0 Å². The Morgan fingerprint density at radius 3 is 3.00 bits per heavy atom. The highest BCUT2D eigenvalue weighted by Crippen LogP contribution is 2.47. The first-order chi connectivity index (χ1) is 8.75. The fourth-order valence-electron chi connectivity index (χ4n) is 2.57. The lowest BCUT2D eigenvalue weighted by Gasteiger charge is -2.30. The molecule has 2 heterocycles. The molecule has 96 valence electrons. The van der Waals surface area contributed by atoms with Crippen LogP contribution in [-0.4, -0.2) is 30.6 Å². The Kier molecular flexibility index (Phi) is 2.95. The number of nitrogens with zero attached hydrogens (tertiary/aromatic N) is 2. The molecule has 2 aliphatic heterocycles. The van der Waals surface area contributed by atoms with Crippen LogP contribution in [0.3, 0.4) is 0 Å². The molecular formula is C13H17N2O2S+. The quantitative estimate of drug-likeness (QED) is 0.478. The zero-order chi connectivity index (χ0) is 12.6. The Balaban J connectivity index is 1.90. The van der Waals surface area contributed by atoms with E-state index in [1.54, 1.807) is 0 Å². The third kappa shape index (κ3) is 1.78. The number of carbonyl (C=O) groups excluding carboxylic acids is 1. The topological polar surface area (TPSA) is 29.5 Å². The average molecular weight is 265 g/mol. The molecule has 0 aromatic heterocycles. The van der Waals surface area contributed by atoms with E-state index in [9.17, 15) is 4.79 Å². The van der Waals surface area contributed by atoms with E-state index in [0.29, 0.717) is 17.0 Å². The fraction of sp³-hybridized carbons (Fsp3) is 0.462. The Morgan fingerprint density at radius 1 is 1.44 bits per heavy atom. The van der Waals surface area contributed by atoms with Crippen LogP contribution in [-0.2, 0) is 4.79 Å². The minimum atomic E-state index is 0.269. The average Bonchev–Trinajstić information content (AvgIpc) is 2.96. The van der Waals surface area contributed by atoms with Crippen LogP contribution < -0.4 is 8.07 Å². The van der Waals surface area contributed by atoms with Gasteiger partial charge in [0, 0.05) is 19.0 Å². The number of likely N-dealkylation sites (tertiary alicyclic amines) is 1. The van der Waals surface area contributed by atoms with Gasteiger partial charge < -0.3 is 4.18 Å². The van der Waals surface area contributed by atoms with Crippen molar-refractivity contribution in [3.05, 3.63) is 24.3 Å². The number of amides is 1. The first-order valence-corrected chi connectivity index (χ1v) is 7.06. The molecule has 1 aromatic rings. The lowest BCUT2D eigenvalue weighted by molar-refractivity contribution is -0.128. The summed E-state index contributed by atoms with van der Waals surface area (Å²) in [6.45, 7) is 4.63. The Labute approximate surface area is 111 Å². The molecule has 18 heavy (non-hydrogen) atoms. The highest BCUT2D eigenvalue weighted by atomic mass is 32.2. The maximum atomic E-state index is 11.8. The summed E-state index contributed by atoms with van der Waals surface area (Å²) in [5, 5.41) is 0. The minimum Gasteiger partial charge on any atom is -0.371 e. The van der Waals surface area contributed by atoms with E-state index in [1.807, 2.05) is 23.1 Å². The van der Waals surface area contributed by atoms with Crippen LogP contribution in [0, 0.1) is 0 Å². The smallest absolute Gasteiger partial charge is 0.321 e. The van der Waals surface area contributed by atoms with Crippen molar-refractivity contribution in [1.29, 1.82) is 0 Å². The second-order valence-corrected chi connectivity index (χ2v) is 5.75. The number of rotatable bonds is 3. The number of carbonyl (C=O) groups is 1. The van der Waals surface area contributed by atoms with Gasteiger partial charge in [0.25, 0.3) is 0 Å². The van der Waals surface area contributed by atoms with Crippen LogP contribution in [0.5, 0.6) is 5.75 Å². The van der Waals surface area contributed by atoms with Crippen molar-refractivity contribution >= 4 is 23.8 Å². The first-order valence-electron chi connectivity index (χ1n) is 6.36. The van der Waals surface area contributed by atoms with Gasteiger partial charge in [-0.15, -0.1) is 0 Å².